The molecule has 0 fully saturated rings. The summed E-state index contributed by atoms with van der Waals surface area (Å²) >= 11 is 0. The zero-order chi connectivity index (χ0) is 14.8. The summed E-state index contributed by atoms with van der Waals surface area (Å²) in [5.41, 5.74) is 0. The molecule has 0 aromatic carbocycles. The molecule has 0 atom stereocenters. The number of amides is 2. The summed E-state index contributed by atoms with van der Waals surface area (Å²) in [6.45, 7) is 15.9. The minimum absolute atomic E-state index is 0.272. The van der Waals surface area contributed by atoms with Crippen LogP contribution >= 0.6 is 0 Å². The molecule has 0 spiro atoms. The SMILES string of the molecule is C=CCN(C)C(=C)N(CC=C)C(=O)N(C=N)CC=C. The Bertz CT molecular complexity index is 376. The molecule has 104 valence electrons. The molecule has 5 nitrogen and oxygen atoms in total. The summed E-state index contributed by atoms with van der Waals surface area (Å²) in [5, 5.41) is 7.27. The van der Waals surface area contributed by atoms with E-state index in [1.165, 1.54) is 9.80 Å². The largest absolute Gasteiger partial charge is 0.358 e. The van der Waals surface area contributed by atoms with Crippen molar-refractivity contribution in [1.29, 1.82) is 5.41 Å². The van der Waals surface area contributed by atoms with E-state index < -0.39 is 0 Å². The number of carbonyl (C=O) groups is 1. The lowest BCUT2D eigenvalue weighted by Crippen LogP contribution is -2.45. The van der Waals surface area contributed by atoms with Gasteiger partial charge in [-0.1, -0.05) is 24.8 Å². The third kappa shape index (κ3) is 4.83. The van der Waals surface area contributed by atoms with E-state index in [1.54, 1.807) is 23.1 Å². The minimum atomic E-state index is -0.337. The van der Waals surface area contributed by atoms with Crippen LogP contribution in [0.4, 0.5) is 4.79 Å². The van der Waals surface area contributed by atoms with Gasteiger partial charge in [0.2, 0.25) is 0 Å². The average molecular weight is 262 g/mol. The van der Waals surface area contributed by atoms with Gasteiger partial charge in [0.05, 0.1) is 6.34 Å². The summed E-state index contributed by atoms with van der Waals surface area (Å²) in [7, 11) is 1.82. The van der Waals surface area contributed by atoms with Crippen LogP contribution in [0, 0.1) is 5.41 Å². The third-order valence-electron chi connectivity index (χ3n) is 2.43. The summed E-state index contributed by atoms with van der Waals surface area (Å²) in [6.07, 6.45) is 5.87. The molecule has 0 aliphatic carbocycles. The molecule has 5 heteroatoms. The number of urea groups is 1. The van der Waals surface area contributed by atoms with Crippen LogP contribution in [0.25, 0.3) is 0 Å². The van der Waals surface area contributed by atoms with Crippen molar-refractivity contribution in [2.75, 3.05) is 26.7 Å². The van der Waals surface area contributed by atoms with Crippen molar-refractivity contribution >= 4 is 12.4 Å². The van der Waals surface area contributed by atoms with E-state index in [2.05, 4.69) is 26.3 Å². The number of likely N-dealkylation sites (N-methyl/N-ethyl adjacent to an activating group) is 1. The maximum Gasteiger partial charge on any atom is 0.331 e. The van der Waals surface area contributed by atoms with Gasteiger partial charge < -0.3 is 4.90 Å². The van der Waals surface area contributed by atoms with E-state index in [4.69, 9.17) is 5.41 Å². The van der Waals surface area contributed by atoms with Gasteiger partial charge in [-0.15, -0.1) is 19.7 Å². The molecule has 0 heterocycles. The first-order chi connectivity index (χ1) is 9.03. The van der Waals surface area contributed by atoms with Crippen LogP contribution in [0.5, 0.6) is 0 Å². The molecule has 0 saturated carbocycles. The van der Waals surface area contributed by atoms with Crippen LogP contribution in [0.15, 0.2) is 50.4 Å². The fraction of sp³-hybridized carbons (Fsp3) is 0.286. The molecule has 0 aromatic heterocycles. The van der Waals surface area contributed by atoms with Crippen molar-refractivity contribution < 1.29 is 4.79 Å². The number of carbonyl (C=O) groups excluding carboxylic acids is 1. The molecule has 0 unspecified atom stereocenters. The summed E-state index contributed by atoms with van der Waals surface area (Å²) in [5.74, 6) is 0.528. The summed E-state index contributed by atoms with van der Waals surface area (Å²) < 4.78 is 0. The van der Waals surface area contributed by atoms with Crippen molar-refractivity contribution in [1.82, 2.24) is 14.7 Å². The van der Waals surface area contributed by atoms with E-state index >= 15 is 0 Å². The normalized spacial score (nSPS) is 9.11. The van der Waals surface area contributed by atoms with Crippen LogP contribution in [0.3, 0.4) is 0 Å². The summed E-state index contributed by atoms with van der Waals surface area (Å²) in [6, 6.07) is -0.337. The molecule has 0 rings (SSSR count). The molecular weight excluding hydrogens is 240 g/mol. The fourth-order valence-corrected chi connectivity index (χ4v) is 1.41. The zero-order valence-electron chi connectivity index (χ0n) is 11.5. The molecule has 0 aliphatic rings. The first-order valence-electron chi connectivity index (χ1n) is 5.84. The third-order valence-corrected chi connectivity index (χ3v) is 2.43. The number of nitrogens with one attached hydrogen (secondary N) is 1. The second kappa shape index (κ2) is 8.74. The highest BCUT2D eigenvalue weighted by Gasteiger charge is 2.21. The van der Waals surface area contributed by atoms with Gasteiger partial charge in [0.15, 0.2) is 0 Å². The molecule has 0 aliphatic heterocycles. The van der Waals surface area contributed by atoms with E-state index in [-0.39, 0.29) is 12.6 Å². The van der Waals surface area contributed by atoms with Crippen LogP contribution in [0.1, 0.15) is 0 Å². The number of rotatable bonds is 9. The van der Waals surface area contributed by atoms with Crippen molar-refractivity contribution in [3.63, 3.8) is 0 Å². The van der Waals surface area contributed by atoms with Crippen molar-refractivity contribution in [3.05, 3.63) is 50.4 Å². The van der Waals surface area contributed by atoms with Crippen molar-refractivity contribution in [2.24, 2.45) is 0 Å². The van der Waals surface area contributed by atoms with E-state index in [1.807, 2.05) is 7.05 Å². The smallest absolute Gasteiger partial charge is 0.331 e. The lowest BCUT2D eigenvalue weighted by Gasteiger charge is -2.32. The van der Waals surface area contributed by atoms with Crippen LogP contribution in [0.2, 0.25) is 0 Å². The second-order valence-electron chi connectivity index (χ2n) is 3.84. The summed E-state index contributed by atoms with van der Waals surface area (Å²) in [4.78, 5) is 16.8. The Morgan fingerprint density at radius 1 is 1.11 bits per heavy atom. The Hall–Kier alpha value is -2.30. The Balaban J connectivity index is 5.06. The molecule has 0 radical (unpaired) electrons. The Labute approximate surface area is 115 Å². The number of hydrogen-bond donors (Lipinski definition) is 1. The molecule has 0 saturated heterocycles. The molecule has 0 bridgehead atoms. The number of hydrogen-bond acceptors (Lipinski definition) is 3. The predicted molar refractivity (Wildman–Crippen MR) is 80.0 cm³/mol. The Morgan fingerprint density at radius 2 is 1.63 bits per heavy atom. The monoisotopic (exact) mass is 262 g/mol. The van der Waals surface area contributed by atoms with Crippen LogP contribution in [-0.4, -0.2) is 53.8 Å². The average Bonchev–Trinajstić information content (AvgIpc) is 2.41. The van der Waals surface area contributed by atoms with Gasteiger partial charge in [0.25, 0.3) is 0 Å². The lowest BCUT2D eigenvalue weighted by molar-refractivity contribution is 0.182. The lowest BCUT2D eigenvalue weighted by atomic mass is 10.4. The van der Waals surface area contributed by atoms with Gasteiger partial charge in [0, 0.05) is 26.7 Å². The zero-order valence-corrected chi connectivity index (χ0v) is 11.5. The molecular formula is C14H22N4O. The van der Waals surface area contributed by atoms with Gasteiger partial charge in [-0.3, -0.25) is 15.2 Å². The van der Waals surface area contributed by atoms with E-state index in [0.29, 0.717) is 18.9 Å². The first-order valence-corrected chi connectivity index (χ1v) is 5.84. The Morgan fingerprint density at radius 3 is 2.05 bits per heavy atom. The first kappa shape index (κ1) is 16.7. The van der Waals surface area contributed by atoms with Gasteiger partial charge >= 0.3 is 6.03 Å². The van der Waals surface area contributed by atoms with Gasteiger partial charge in [-0.2, -0.15) is 0 Å². The second-order valence-corrected chi connectivity index (χ2v) is 3.84. The quantitative estimate of drug-likeness (QED) is 0.394. The highest BCUT2D eigenvalue weighted by molar-refractivity contribution is 5.86. The van der Waals surface area contributed by atoms with Crippen molar-refractivity contribution in [2.45, 2.75) is 0 Å². The highest BCUT2D eigenvalue weighted by Crippen LogP contribution is 2.10. The minimum Gasteiger partial charge on any atom is -0.358 e. The maximum absolute atomic E-state index is 12.3. The molecule has 1 N–H and O–H groups in total. The fourth-order valence-electron chi connectivity index (χ4n) is 1.41. The maximum atomic E-state index is 12.3. The predicted octanol–water partition coefficient (Wildman–Crippen LogP) is 2.28. The van der Waals surface area contributed by atoms with Crippen molar-refractivity contribution in [3.8, 4) is 0 Å². The molecule has 2 amide bonds. The van der Waals surface area contributed by atoms with Gasteiger partial charge in [-0.25, -0.2) is 4.79 Å². The van der Waals surface area contributed by atoms with Gasteiger partial charge in [0.1, 0.15) is 5.82 Å². The molecule has 0 aromatic rings. The van der Waals surface area contributed by atoms with Gasteiger partial charge in [-0.05, 0) is 0 Å². The standard InChI is InChI=1S/C14H22N4O/c1-6-9-16(5)13(4)18(11-8-3)14(19)17(12-15)10-7-2/h6-8,12,15H,1-4,9-11H2,5H3. The van der Waals surface area contributed by atoms with Crippen LogP contribution < -0.4 is 0 Å². The molecule has 19 heavy (non-hydrogen) atoms. The van der Waals surface area contributed by atoms with E-state index in [9.17, 15) is 4.79 Å². The topological polar surface area (TPSA) is 50.6 Å². The van der Waals surface area contributed by atoms with Crippen LogP contribution in [-0.2, 0) is 0 Å². The van der Waals surface area contributed by atoms with E-state index in [0.717, 1.165) is 6.34 Å². The Kier molecular flexibility index (Phi) is 7.68. The highest BCUT2D eigenvalue weighted by atomic mass is 16.2. The number of nitrogens with zero attached hydrogens (tertiary/aromatic N) is 3.